The van der Waals surface area contributed by atoms with Gasteiger partial charge in [-0.1, -0.05) is 42.5 Å². The van der Waals surface area contributed by atoms with Gasteiger partial charge in [0, 0.05) is 0 Å². The van der Waals surface area contributed by atoms with Crippen LogP contribution in [0.25, 0.3) is 11.1 Å². The molecular formula is C14H13O. The Bertz CT molecular complexity index is 446. The van der Waals surface area contributed by atoms with Gasteiger partial charge in [-0.3, -0.25) is 0 Å². The van der Waals surface area contributed by atoms with Crippen LogP contribution in [0.2, 0.25) is 0 Å². The Morgan fingerprint density at radius 3 is 2.33 bits per heavy atom. The van der Waals surface area contributed by atoms with E-state index in [0.29, 0.717) is 0 Å². The fourth-order valence-electron chi connectivity index (χ4n) is 1.55. The molecule has 0 heterocycles. The molecule has 0 aliphatic carbocycles. The third kappa shape index (κ3) is 2.01. The minimum absolute atomic E-state index is 0.830. The molecule has 1 heteroatoms. The number of methoxy groups -OCH3 is 1. The third-order valence-electron chi connectivity index (χ3n) is 2.39. The van der Waals surface area contributed by atoms with Crippen molar-refractivity contribution in [1.29, 1.82) is 0 Å². The molecule has 0 unspecified atom stereocenters. The first kappa shape index (κ1) is 9.78. The van der Waals surface area contributed by atoms with Crippen LogP contribution in [0.15, 0.2) is 48.5 Å². The first-order valence-electron chi connectivity index (χ1n) is 4.86. The summed E-state index contributed by atoms with van der Waals surface area (Å²) in [5, 5.41) is 0. The molecule has 2 aromatic carbocycles. The van der Waals surface area contributed by atoms with Gasteiger partial charge in [0.1, 0.15) is 5.75 Å². The van der Waals surface area contributed by atoms with Crippen molar-refractivity contribution < 1.29 is 4.74 Å². The minimum Gasteiger partial charge on any atom is -0.496 e. The predicted molar refractivity (Wildman–Crippen MR) is 62.9 cm³/mol. The van der Waals surface area contributed by atoms with Crippen LogP contribution >= 0.6 is 0 Å². The zero-order valence-electron chi connectivity index (χ0n) is 8.73. The lowest BCUT2D eigenvalue weighted by molar-refractivity contribution is 0.413. The lowest BCUT2D eigenvalue weighted by Crippen LogP contribution is -1.87. The summed E-state index contributed by atoms with van der Waals surface area (Å²) in [6.45, 7) is 3.90. The maximum absolute atomic E-state index is 5.24. The second-order valence-corrected chi connectivity index (χ2v) is 3.39. The van der Waals surface area contributed by atoms with E-state index in [1.807, 2.05) is 30.3 Å². The molecule has 75 valence electrons. The Hall–Kier alpha value is -1.76. The average molecular weight is 197 g/mol. The molecule has 0 bridgehead atoms. The standard InChI is InChI=1S/C14H13O/c1-11-8-9-13(10-14(11)15-2)12-6-4-3-5-7-12/h3-10H,1H2,2H3. The first-order valence-corrected chi connectivity index (χ1v) is 4.86. The average Bonchev–Trinajstić information content (AvgIpc) is 2.31. The van der Waals surface area contributed by atoms with E-state index in [0.717, 1.165) is 16.9 Å². The van der Waals surface area contributed by atoms with Crippen molar-refractivity contribution in [3.63, 3.8) is 0 Å². The summed E-state index contributed by atoms with van der Waals surface area (Å²) in [5.41, 5.74) is 3.26. The summed E-state index contributed by atoms with van der Waals surface area (Å²) >= 11 is 0. The Morgan fingerprint density at radius 2 is 1.67 bits per heavy atom. The molecule has 1 radical (unpaired) electrons. The number of hydrogen-bond donors (Lipinski definition) is 0. The molecule has 0 amide bonds. The Kier molecular flexibility index (Phi) is 2.72. The van der Waals surface area contributed by atoms with Gasteiger partial charge < -0.3 is 4.74 Å². The van der Waals surface area contributed by atoms with Gasteiger partial charge in [-0.15, -0.1) is 0 Å². The highest BCUT2D eigenvalue weighted by atomic mass is 16.5. The van der Waals surface area contributed by atoms with E-state index < -0.39 is 0 Å². The van der Waals surface area contributed by atoms with Crippen LogP contribution in [0.4, 0.5) is 0 Å². The number of ether oxygens (including phenoxy) is 1. The Morgan fingerprint density at radius 1 is 0.933 bits per heavy atom. The monoisotopic (exact) mass is 197 g/mol. The molecule has 0 atom stereocenters. The van der Waals surface area contributed by atoms with Crippen LogP contribution in [0.5, 0.6) is 5.75 Å². The molecule has 0 saturated heterocycles. The maximum Gasteiger partial charge on any atom is 0.122 e. The molecule has 0 N–H and O–H groups in total. The van der Waals surface area contributed by atoms with Crippen molar-refractivity contribution >= 4 is 0 Å². The molecule has 0 aliphatic heterocycles. The Balaban J connectivity index is 2.46. The SMILES string of the molecule is [CH2]c1ccc(-c2ccccc2)cc1OC. The van der Waals surface area contributed by atoms with E-state index in [2.05, 4.69) is 25.1 Å². The van der Waals surface area contributed by atoms with Crippen LogP contribution in [0.1, 0.15) is 5.56 Å². The molecule has 1 nitrogen and oxygen atoms in total. The van der Waals surface area contributed by atoms with E-state index in [9.17, 15) is 0 Å². The van der Waals surface area contributed by atoms with Crippen LogP contribution in [-0.2, 0) is 0 Å². The van der Waals surface area contributed by atoms with Gasteiger partial charge in [-0.25, -0.2) is 0 Å². The third-order valence-corrected chi connectivity index (χ3v) is 2.39. The van der Waals surface area contributed by atoms with Gasteiger partial charge in [0.05, 0.1) is 7.11 Å². The molecule has 0 fully saturated rings. The van der Waals surface area contributed by atoms with Gasteiger partial charge in [-0.2, -0.15) is 0 Å². The fraction of sp³-hybridized carbons (Fsp3) is 0.0714. The van der Waals surface area contributed by atoms with Gasteiger partial charge in [0.2, 0.25) is 0 Å². The number of rotatable bonds is 2. The molecule has 0 aromatic heterocycles. The van der Waals surface area contributed by atoms with Crippen LogP contribution in [-0.4, -0.2) is 7.11 Å². The van der Waals surface area contributed by atoms with Crippen molar-refractivity contribution in [2.75, 3.05) is 7.11 Å². The normalized spacial score (nSPS) is 10.0. The second kappa shape index (κ2) is 4.18. The van der Waals surface area contributed by atoms with E-state index in [1.54, 1.807) is 7.11 Å². The summed E-state index contributed by atoms with van der Waals surface area (Å²) in [6.07, 6.45) is 0. The summed E-state index contributed by atoms with van der Waals surface area (Å²) in [7, 11) is 1.67. The molecule has 2 rings (SSSR count). The fourth-order valence-corrected chi connectivity index (χ4v) is 1.55. The molecule has 0 spiro atoms. The van der Waals surface area contributed by atoms with Gasteiger partial charge in [0.15, 0.2) is 0 Å². The smallest absolute Gasteiger partial charge is 0.122 e. The van der Waals surface area contributed by atoms with E-state index in [1.165, 1.54) is 5.56 Å². The quantitative estimate of drug-likeness (QED) is 0.715. The maximum atomic E-state index is 5.24. The zero-order valence-corrected chi connectivity index (χ0v) is 8.73. The highest BCUT2D eigenvalue weighted by molar-refractivity contribution is 5.66. The summed E-state index contributed by atoms with van der Waals surface area (Å²) in [4.78, 5) is 0. The second-order valence-electron chi connectivity index (χ2n) is 3.39. The van der Waals surface area contributed by atoms with Crippen molar-refractivity contribution in [2.45, 2.75) is 0 Å². The summed E-state index contributed by atoms with van der Waals surface area (Å²) < 4.78 is 5.24. The van der Waals surface area contributed by atoms with Crippen molar-refractivity contribution in [3.8, 4) is 16.9 Å². The predicted octanol–water partition coefficient (Wildman–Crippen LogP) is 3.54. The minimum atomic E-state index is 0.830. The molecule has 15 heavy (non-hydrogen) atoms. The van der Waals surface area contributed by atoms with Gasteiger partial charge in [-0.05, 0) is 29.7 Å². The van der Waals surface area contributed by atoms with Crippen LogP contribution < -0.4 is 4.74 Å². The summed E-state index contributed by atoms with van der Waals surface area (Å²) in [6, 6.07) is 16.3. The largest absolute Gasteiger partial charge is 0.496 e. The van der Waals surface area contributed by atoms with Gasteiger partial charge in [0.25, 0.3) is 0 Å². The molecule has 2 aromatic rings. The van der Waals surface area contributed by atoms with Gasteiger partial charge >= 0.3 is 0 Å². The lowest BCUT2D eigenvalue weighted by atomic mass is 10.0. The van der Waals surface area contributed by atoms with E-state index in [4.69, 9.17) is 4.74 Å². The highest BCUT2D eigenvalue weighted by Gasteiger charge is 2.01. The van der Waals surface area contributed by atoms with Crippen LogP contribution in [0.3, 0.4) is 0 Å². The summed E-state index contributed by atoms with van der Waals surface area (Å²) in [5.74, 6) is 0.830. The number of hydrogen-bond acceptors (Lipinski definition) is 1. The van der Waals surface area contributed by atoms with E-state index in [-0.39, 0.29) is 0 Å². The van der Waals surface area contributed by atoms with E-state index >= 15 is 0 Å². The van der Waals surface area contributed by atoms with Crippen molar-refractivity contribution in [3.05, 3.63) is 61.0 Å². The molecule has 0 saturated carbocycles. The van der Waals surface area contributed by atoms with Crippen molar-refractivity contribution in [1.82, 2.24) is 0 Å². The van der Waals surface area contributed by atoms with Crippen LogP contribution in [0, 0.1) is 6.92 Å². The Labute approximate surface area is 90.3 Å². The van der Waals surface area contributed by atoms with Crippen molar-refractivity contribution in [2.24, 2.45) is 0 Å². The molecular weight excluding hydrogens is 184 g/mol. The molecule has 0 aliphatic rings. The first-order chi connectivity index (χ1) is 7.31. The lowest BCUT2D eigenvalue weighted by Gasteiger charge is -2.07. The topological polar surface area (TPSA) is 9.23 Å². The highest BCUT2D eigenvalue weighted by Crippen LogP contribution is 2.26. The zero-order chi connectivity index (χ0) is 10.7. The number of benzene rings is 2.